The van der Waals surface area contributed by atoms with Crippen molar-refractivity contribution in [3.63, 3.8) is 0 Å². The zero-order valence-electron chi connectivity index (χ0n) is 17.7. The quantitative estimate of drug-likeness (QED) is 0.576. The number of fused-ring (bicyclic) bond motifs is 1. The number of benzene rings is 3. The molecule has 1 spiro atoms. The number of carbonyl (C=O) groups is 2. The molecular weight excluding hydrogens is 404 g/mol. The number of thioether (sulfide) groups is 1. The number of piperidine rings is 1. The molecule has 0 aromatic heterocycles. The van der Waals surface area contributed by atoms with Gasteiger partial charge in [-0.3, -0.25) is 9.59 Å². The van der Waals surface area contributed by atoms with E-state index in [1.54, 1.807) is 0 Å². The van der Waals surface area contributed by atoms with Gasteiger partial charge in [-0.05, 0) is 48.2 Å². The highest BCUT2D eigenvalue weighted by Crippen LogP contribution is 2.45. The van der Waals surface area contributed by atoms with Crippen LogP contribution in [0.1, 0.15) is 39.1 Å². The van der Waals surface area contributed by atoms with Crippen molar-refractivity contribution in [3.05, 3.63) is 83.4 Å². The standard InChI is InChI=1S/C26H26N2O2S/c1-19-7-2-4-10-21(19)25(30)28-17-18-31-26(28)13-15-27(16-14-26)24(29)23-12-6-9-20-8-3-5-11-22(20)23/h2-12H,13-18H2,1H3. The van der Waals surface area contributed by atoms with Crippen molar-refractivity contribution in [1.82, 2.24) is 9.80 Å². The first-order chi connectivity index (χ1) is 15.1. The fourth-order valence-electron chi connectivity index (χ4n) is 4.91. The van der Waals surface area contributed by atoms with Gasteiger partial charge in [-0.15, -0.1) is 11.8 Å². The van der Waals surface area contributed by atoms with E-state index in [2.05, 4.69) is 4.90 Å². The van der Waals surface area contributed by atoms with E-state index in [9.17, 15) is 9.59 Å². The summed E-state index contributed by atoms with van der Waals surface area (Å²) in [7, 11) is 0. The van der Waals surface area contributed by atoms with Crippen LogP contribution < -0.4 is 0 Å². The van der Waals surface area contributed by atoms with Crippen LogP contribution >= 0.6 is 11.8 Å². The second-order valence-corrected chi connectivity index (χ2v) is 9.84. The minimum atomic E-state index is -0.200. The third kappa shape index (κ3) is 3.51. The van der Waals surface area contributed by atoms with Gasteiger partial charge in [0.15, 0.2) is 0 Å². The Labute approximate surface area is 187 Å². The largest absolute Gasteiger partial charge is 0.338 e. The molecule has 2 heterocycles. The summed E-state index contributed by atoms with van der Waals surface area (Å²) in [6.07, 6.45) is 1.62. The Kier molecular flexibility index (Phi) is 5.22. The van der Waals surface area contributed by atoms with Crippen LogP contribution in [0, 0.1) is 6.92 Å². The van der Waals surface area contributed by atoms with Crippen molar-refractivity contribution in [1.29, 1.82) is 0 Å². The Bertz CT molecular complexity index is 1150. The predicted molar refractivity (Wildman–Crippen MR) is 126 cm³/mol. The number of aryl methyl sites for hydroxylation is 1. The SMILES string of the molecule is Cc1ccccc1C(=O)N1CCSC12CCN(C(=O)c1cccc3ccccc13)CC2. The highest BCUT2D eigenvalue weighted by atomic mass is 32.2. The van der Waals surface area contributed by atoms with Crippen molar-refractivity contribution in [3.8, 4) is 0 Å². The van der Waals surface area contributed by atoms with Crippen molar-refractivity contribution < 1.29 is 9.59 Å². The highest BCUT2D eigenvalue weighted by Gasteiger charge is 2.47. The third-order valence-electron chi connectivity index (χ3n) is 6.65. The van der Waals surface area contributed by atoms with E-state index in [-0.39, 0.29) is 16.7 Å². The molecule has 3 aromatic carbocycles. The first-order valence-corrected chi connectivity index (χ1v) is 11.9. The molecule has 0 saturated carbocycles. The average Bonchev–Trinajstić information content (AvgIpc) is 3.21. The maximum absolute atomic E-state index is 13.4. The van der Waals surface area contributed by atoms with Gasteiger partial charge in [0.25, 0.3) is 11.8 Å². The zero-order valence-corrected chi connectivity index (χ0v) is 18.5. The Hall–Kier alpha value is -2.79. The van der Waals surface area contributed by atoms with Gasteiger partial charge >= 0.3 is 0 Å². The van der Waals surface area contributed by atoms with E-state index in [0.29, 0.717) is 13.1 Å². The minimum Gasteiger partial charge on any atom is -0.338 e. The van der Waals surface area contributed by atoms with Gasteiger partial charge in [0, 0.05) is 36.5 Å². The fourth-order valence-corrected chi connectivity index (χ4v) is 6.36. The molecule has 2 amide bonds. The molecule has 5 rings (SSSR count). The van der Waals surface area contributed by atoms with Gasteiger partial charge in [0.2, 0.25) is 0 Å². The molecule has 2 aliphatic heterocycles. The van der Waals surface area contributed by atoms with E-state index in [0.717, 1.165) is 52.6 Å². The maximum Gasteiger partial charge on any atom is 0.255 e. The Morgan fingerprint density at radius 2 is 1.48 bits per heavy atom. The van der Waals surface area contributed by atoms with Gasteiger partial charge < -0.3 is 9.80 Å². The molecule has 0 unspecified atom stereocenters. The van der Waals surface area contributed by atoms with E-state index in [1.165, 1.54) is 0 Å². The first-order valence-electron chi connectivity index (χ1n) is 10.9. The van der Waals surface area contributed by atoms with E-state index in [4.69, 9.17) is 0 Å². The lowest BCUT2D eigenvalue weighted by Crippen LogP contribution is -2.53. The minimum absolute atomic E-state index is 0.0893. The van der Waals surface area contributed by atoms with Crippen LogP contribution in [0.25, 0.3) is 10.8 Å². The molecule has 0 aliphatic carbocycles. The van der Waals surface area contributed by atoms with Crippen molar-refractivity contribution in [2.75, 3.05) is 25.4 Å². The molecule has 2 aliphatic rings. The summed E-state index contributed by atoms with van der Waals surface area (Å²) in [5.41, 5.74) is 2.57. The van der Waals surface area contributed by atoms with E-state index < -0.39 is 0 Å². The molecule has 0 atom stereocenters. The number of hydrogen-bond donors (Lipinski definition) is 0. The van der Waals surface area contributed by atoms with Crippen molar-refractivity contribution >= 4 is 34.3 Å². The average molecular weight is 431 g/mol. The Morgan fingerprint density at radius 1 is 0.806 bits per heavy atom. The molecule has 2 fully saturated rings. The van der Waals surface area contributed by atoms with Crippen LogP contribution in [-0.2, 0) is 0 Å². The molecule has 158 valence electrons. The molecule has 0 bridgehead atoms. The second-order valence-electron chi connectivity index (χ2n) is 8.39. The van der Waals surface area contributed by atoms with Crippen LogP contribution in [0.5, 0.6) is 0 Å². The summed E-state index contributed by atoms with van der Waals surface area (Å²) in [5, 5.41) is 2.09. The molecular formula is C26H26N2O2S. The van der Waals surface area contributed by atoms with E-state index in [1.807, 2.05) is 90.3 Å². The lowest BCUT2D eigenvalue weighted by Gasteiger charge is -2.44. The van der Waals surface area contributed by atoms with Crippen molar-refractivity contribution in [2.24, 2.45) is 0 Å². The van der Waals surface area contributed by atoms with Crippen LogP contribution in [0.3, 0.4) is 0 Å². The topological polar surface area (TPSA) is 40.6 Å². The number of likely N-dealkylation sites (tertiary alicyclic amines) is 1. The van der Waals surface area contributed by atoms with E-state index >= 15 is 0 Å². The van der Waals surface area contributed by atoms with Crippen LogP contribution in [0.15, 0.2) is 66.7 Å². The molecule has 0 N–H and O–H groups in total. The highest BCUT2D eigenvalue weighted by molar-refractivity contribution is 8.00. The number of carbonyl (C=O) groups excluding carboxylic acids is 2. The normalized spacial score (nSPS) is 18.0. The molecule has 2 saturated heterocycles. The summed E-state index contributed by atoms with van der Waals surface area (Å²) in [6, 6.07) is 21.8. The van der Waals surface area contributed by atoms with Crippen LogP contribution in [0.2, 0.25) is 0 Å². The lowest BCUT2D eigenvalue weighted by molar-refractivity contribution is 0.0498. The molecule has 0 radical (unpaired) electrons. The number of hydrogen-bond acceptors (Lipinski definition) is 3. The number of nitrogens with zero attached hydrogens (tertiary/aromatic N) is 2. The third-order valence-corrected chi connectivity index (χ3v) is 8.20. The fraction of sp³-hybridized carbons (Fsp3) is 0.308. The molecule has 31 heavy (non-hydrogen) atoms. The monoisotopic (exact) mass is 430 g/mol. The first kappa shape index (κ1) is 20.1. The molecule has 3 aromatic rings. The molecule has 5 heteroatoms. The van der Waals surface area contributed by atoms with Gasteiger partial charge in [-0.1, -0.05) is 54.6 Å². The van der Waals surface area contributed by atoms with Crippen molar-refractivity contribution in [2.45, 2.75) is 24.6 Å². The smallest absolute Gasteiger partial charge is 0.255 e. The summed E-state index contributed by atoms with van der Waals surface area (Å²) >= 11 is 1.88. The zero-order chi connectivity index (χ0) is 21.4. The summed E-state index contributed by atoms with van der Waals surface area (Å²) < 4.78 is 0. The number of rotatable bonds is 2. The van der Waals surface area contributed by atoms with Gasteiger partial charge in [0.1, 0.15) is 0 Å². The Morgan fingerprint density at radius 3 is 2.29 bits per heavy atom. The Balaban J connectivity index is 1.35. The summed E-state index contributed by atoms with van der Waals surface area (Å²) in [6.45, 7) is 4.11. The second kappa shape index (κ2) is 8.04. The molecule has 4 nitrogen and oxygen atoms in total. The van der Waals surface area contributed by atoms with Crippen LogP contribution in [0.4, 0.5) is 0 Å². The predicted octanol–water partition coefficient (Wildman–Crippen LogP) is 4.97. The number of amides is 2. The maximum atomic E-state index is 13.4. The summed E-state index contributed by atoms with van der Waals surface area (Å²) in [4.78, 5) is 30.5. The van der Waals surface area contributed by atoms with Crippen LogP contribution in [-0.4, -0.2) is 51.9 Å². The van der Waals surface area contributed by atoms with Gasteiger partial charge in [0.05, 0.1) is 4.87 Å². The van der Waals surface area contributed by atoms with Gasteiger partial charge in [-0.25, -0.2) is 0 Å². The van der Waals surface area contributed by atoms with Gasteiger partial charge in [-0.2, -0.15) is 0 Å². The lowest BCUT2D eigenvalue weighted by atomic mass is 9.98. The summed E-state index contributed by atoms with van der Waals surface area (Å²) in [5.74, 6) is 1.16.